The van der Waals surface area contributed by atoms with Crippen LogP contribution in [0.25, 0.3) is 22.3 Å². The van der Waals surface area contributed by atoms with E-state index in [1.165, 1.54) is 6.07 Å². The number of piperidine rings is 1. The molecule has 0 unspecified atom stereocenters. The van der Waals surface area contributed by atoms with E-state index >= 15 is 0 Å². The molecule has 32 heavy (non-hydrogen) atoms. The number of nitrogens with zero attached hydrogens (tertiary/aromatic N) is 3. The van der Waals surface area contributed by atoms with Crippen LogP contribution in [-0.4, -0.2) is 42.3 Å². The lowest BCUT2D eigenvalue weighted by atomic mass is 9.97. The largest absolute Gasteiger partial charge is 0.450 e. The molecule has 0 saturated carbocycles. The number of fused-ring (bicyclic) bond motifs is 1. The molecule has 1 N–H and O–H groups in total. The Morgan fingerprint density at radius 2 is 2.09 bits per heavy atom. The maximum Gasteiger partial charge on any atom is 0.407 e. The van der Waals surface area contributed by atoms with E-state index in [-0.39, 0.29) is 17.8 Å². The summed E-state index contributed by atoms with van der Waals surface area (Å²) < 4.78 is 19.7. The number of anilines is 1. The van der Waals surface area contributed by atoms with Gasteiger partial charge in [-0.2, -0.15) is 0 Å². The SMILES string of the molecule is CCOC(=O)NC[C@@H]1CCCN(c2nc(-c3c(C)cccc3F)nc3cc(C)ccc23)C1. The fraction of sp³-hybridized carbons (Fsp3) is 0.400. The molecule has 0 bridgehead atoms. The molecular weight excluding hydrogens is 407 g/mol. The molecule has 1 aromatic heterocycles. The second kappa shape index (κ2) is 9.51. The van der Waals surface area contributed by atoms with E-state index < -0.39 is 0 Å². The fourth-order valence-electron chi connectivity index (χ4n) is 4.32. The van der Waals surface area contributed by atoms with Gasteiger partial charge in [0.2, 0.25) is 0 Å². The second-order valence-electron chi connectivity index (χ2n) is 8.38. The molecule has 6 nitrogen and oxygen atoms in total. The summed E-state index contributed by atoms with van der Waals surface area (Å²) in [4.78, 5) is 23.5. The van der Waals surface area contributed by atoms with Gasteiger partial charge in [0.1, 0.15) is 11.6 Å². The zero-order chi connectivity index (χ0) is 22.7. The summed E-state index contributed by atoms with van der Waals surface area (Å²) >= 11 is 0. The lowest BCUT2D eigenvalue weighted by Gasteiger charge is -2.34. The van der Waals surface area contributed by atoms with Crippen LogP contribution in [0.3, 0.4) is 0 Å². The minimum atomic E-state index is -0.384. The van der Waals surface area contributed by atoms with Crippen molar-refractivity contribution >= 4 is 22.8 Å². The number of hydrogen-bond acceptors (Lipinski definition) is 5. The van der Waals surface area contributed by atoms with Gasteiger partial charge < -0.3 is 15.0 Å². The van der Waals surface area contributed by atoms with E-state index in [1.54, 1.807) is 13.0 Å². The molecule has 1 aliphatic heterocycles. The van der Waals surface area contributed by atoms with Gasteiger partial charge in [0, 0.05) is 25.0 Å². The molecule has 168 valence electrons. The first-order chi connectivity index (χ1) is 15.5. The smallest absolute Gasteiger partial charge is 0.407 e. The quantitative estimate of drug-likeness (QED) is 0.609. The van der Waals surface area contributed by atoms with Crippen molar-refractivity contribution in [3.8, 4) is 11.4 Å². The number of rotatable bonds is 5. The molecule has 1 aliphatic rings. The predicted molar refractivity (Wildman–Crippen MR) is 124 cm³/mol. The number of hydrogen-bond donors (Lipinski definition) is 1. The third kappa shape index (κ3) is 4.66. The van der Waals surface area contributed by atoms with E-state index in [0.717, 1.165) is 53.8 Å². The average Bonchev–Trinajstić information content (AvgIpc) is 2.77. The van der Waals surface area contributed by atoms with Crippen LogP contribution in [0.4, 0.5) is 15.0 Å². The van der Waals surface area contributed by atoms with Crippen molar-refractivity contribution in [2.24, 2.45) is 5.92 Å². The topological polar surface area (TPSA) is 67.3 Å². The fourth-order valence-corrected chi connectivity index (χ4v) is 4.32. The van der Waals surface area contributed by atoms with Crippen LogP contribution < -0.4 is 10.2 Å². The molecule has 1 saturated heterocycles. The highest BCUT2D eigenvalue weighted by Crippen LogP contribution is 2.32. The Hall–Kier alpha value is -3.22. The Labute approximate surface area is 187 Å². The second-order valence-corrected chi connectivity index (χ2v) is 8.38. The Morgan fingerprint density at radius 3 is 2.88 bits per heavy atom. The molecule has 2 heterocycles. The zero-order valence-corrected chi connectivity index (χ0v) is 18.8. The van der Waals surface area contributed by atoms with Crippen molar-refractivity contribution in [2.75, 3.05) is 31.1 Å². The van der Waals surface area contributed by atoms with Crippen LogP contribution in [0.15, 0.2) is 36.4 Å². The highest BCUT2D eigenvalue weighted by molar-refractivity contribution is 5.91. The summed E-state index contributed by atoms with van der Waals surface area (Å²) in [5.41, 5.74) is 3.14. The lowest BCUT2D eigenvalue weighted by Crippen LogP contribution is -2.41. The van der Waals surface area contributed by atoms with Crippen LogP contribution in [0.5, 0.6) is 0 Å². The summed E-state index contributed by atoms with van der Waals surface area (Å²) in [6, 6.07) is 11.1. The van der Waals surface area contributed by atoms with Crippen molar-refractivity contribution in [2.45, 2.75) is 33.6 Å². The van der Waals surface area contributed by atoms with Gasteiger partial charge >= 0.3 is 6.09 Å². The first-order valence-corrected chi connectivity index (χ1v) is 11.2. The van der Waals surface area contributed by atoms with Gasteiger partial charge in [-0.05, 0) is 68.9 Å². The number of carbonyl (C=O) groups is 1. The predicted octanol–water partition coefficient (Wildman–Crippen LogP) is 5.02. The highest BCUT2D eigenvalue weighted by atomic mass is 19.1. The molecule has 3 aromatic rings. The summed E-state index contributed by atoms with van der Waals surface area (Å²) in [5, 5.41) is 3.80. The lowest BCUT2D eigenvalue weighted by molar-refractivity contribution is 0.150. The maximum atomic E-state index is 14.7. The van der Waals surface area contributed by atoms with Gasteiger partial charge in [0.05, 0.1) is 17.7 Å². The highest BCUT2D eigenvalue weighted by Gasteiger charge is 2.25. The number of halogens is 1. The average molecular weight is 437 g/mol. The molecule has 0 radical (unpaired) electrons. The van der Waals surface area contributed by atoms with E-state index in [9.17, 15) is 9.18 Å². The monoisotopic (exact) mass is 436 g/mol. The van der Waals surface area contributed by atoms with E-state index in [4.69, 9.17) is 14.7 Å². The van der Waals surface area contributed by atoms with Crippen LogP contribution in [-0.2, 0) is 4.74 Å². The normalized spacial score (nSPS) is 16.2. The van der Waals surface area contributed by atoms with Crippen LogP contribution >= 0.6 is 0 Å². The van der Waals surface area contributed by atoms with Gasteiger partial charge in [-0.1, -0.05) is 18.2 Å². The van der Waals surface area contributed by atoms with E-state index in [1.807, 2.05) is 38.1 Å². The van der Waals surface area contributed by atoms with E-state index in [0.29, 0.717) is 24.5 Å². The molecule has 4 rings (SSSR count). The standard InChI is InChI=1S/C25H29FN4O2/c1-4-32-25(31)27-14-18-8-6-12-30(15-18)24-19-11-10-16(2)13-21(19)28-23(29-24)22-17(3)7-5-9-20(22)26/h5,7,9-11,13,18H,4,6,8,12,14-15H2,1-3H3,(H,27,31)/t18-/m0/s1. The number of aryl methyl sites for hydroxylation is 2. The zero-order valence-electron chi connectivity index (χ0n) is 18.8. The first-order valence-electron chi connectivity index (χ1n) is 11.2. The van der Waals surface area contributed by atoms with Gasteiger partial charge in [-0.15, -0.1) is 0 Å². The summed E-state index contributed by atoms with van der Waals surface area (Å²) in [6.45, 7) is 8.20. The van der Waals surface area contributed by atoms with Gasteiger partial charge in [-0.25, -0.2) is 19.2 Å². The number of amides is 1. The number of nitrogens with one attached hydrogen (secondary N) is 1. The first kappa shape index (κ1) is 22.0. The Kier molecular flexibility index (Phi) is 6.53. The molecule has 1 fully saturated rings. The number of carbonyl (C=O) groups excluding carboxylic acids is 1. The maximum absolute atomic E-state index is 14.7. The van der Waals surface area contributed by atoms with Gasteiger partial charge in [0.15, 0.2) is 5.82 Å². The van der Waals surface area contributed by atoms with Crippen LogP contribution in [0.1, 0.15) is 30.9 Å². The van der Waals surface area contributed by atoms with Gasteiger partial charge in [0.25, 0.3) is 0 Å². The van der Waals surface area contributed by atoms with Crippen molar-refractivity contribution in [3.63, 3.8) is 0 Å². The minimum absolute atomic E-state index is 0.280. The Balaban J connectivity index is 1.70. The summed E-state index contributed by atoms with van der Waals surface area (Å²) in [6.07, 6.45) is 1.62. The third-order valence-corrected chi connectivity index (χ3v) is 5.91. The number of aromatic nitrogens is 2. The van der Waals surface area contributed by atoms with Crippen molar-refractivity contribution in [3.05, 3.63) is 53.3 Å². The number of alkyl carbamates (subject to hydrolysis) is 1. The van der Waals surface area contributed by atoms with Crippen molar-refractivity contribution in [1.29, 1.82) is 0 Å². The van der Waals surface area contributed by atoms with Crippen LogP contribution in [0, 0.1) is 25.6 Å². The summed E-state index contributed by atoms with van der Waals surface area (Å²) in [5.74, 6) is 1.18. The molecule has 0 aliphatic carbocycles. The molecule has 7 heteroatoms. The van der Waals surface area contributed by atoms with E-state index in [2.05, 4.69) is 10.2 Å². The Bertz CT molecular complexity index is 1110. The summed E-state index contributed by atoms with van der Waals surface area (Å²) in [7, 11) is 0. The number of ether oxygens (including phenoxy) is 1. The molecule has 2 aromatic carbocycles. The minimum Gasteiger partial charge on any atom is -0.450 e. The van der Waals surface area contributed by atoms with Gasteiger partial charge in [-0.3, -0.25) is 0 Å². The Morgan fingerprint density at radius 1 is 1.25 bits per heavy atom. The molecule has 1 atom stereocenters. The van der Waals surface area contributed by atoms with Crippen LogP contribution in [0.2, 0.25) is 0 Å². The third-order valence-electron chi connectivity index (χ3n) is 5.91. The molecular formula is C25H29FN4O2. The molecule has 0 spiro atoms. The number of benzene rings is 2. The van der Waals surface area contributed by atoms with Crippen molar-refractivity contribution < 1.29 is 13.9 Å². The molecule has 1 amide bonds. The van der Waals surface area contributed by atoms with Crippen molar-refractivity contribution in [1.82, 2.24) is 15.3 Å².